The topological polar surface area (TPSA) is 33.1 Å². The van der Waals surface area contributed by atoms with Crippen molar-refractivity contribution in [2.75, 3.05) is 20.6 Å². The van der Waals surface area contributed by atoms with Crippen molar-refractivity contribution in [2.24, 2.45) is 0 Å². The molecule has 0 unspecified atom stereocenters. The predicted octanol–water partition coefficient (Wildman–Crippen LogP) is 4.29. The minimum atomic E-state index is 0.310. The smallest absolute Gasteiger partial charge is 0.132 e. The van der Waals surface area contributed by atoms with E-state index >= 15 is 0 Å². The molecule has 4 nitrogen and oxygen atoms in total. The molecule has 27 heavy (non-hydrogen) atoms. The van der Waals surface area contributed by atoms with Crippen molar-refractivity contribution in [3.05, 3.63) is 88.2 Å². The van der Waals surface area contributed by atoms with Crippen LogP contribution in [0.25, 0.3) is 0 Å². The number of nitrogens with zero attached hydrogens (tertiary/aromatic N) is 3. The van der Waals surface area contributed by atoms with Crippen LogP contribution < -0.4 is 5.32 Å². The largest absolute Gasteiger partial charge is 0.311 e. The SMILES string of the molecule is Cc1nn(Cc2ccccc2)c(Cl)c1CNC[C@H](c1ccccc1)N(C)C. The van der Waals surface area contributed by atoms with Crippen LogP contribution in [0, 0.1) is 6.92 Å². The van der Waals surface area contributed by atoms with E-state index in [2.05, 4.69) is 65.8 Å². The lowest BCUT2D eigenvalue weighted by Crippen LogP contribution is -2.30. The van der Waals surface area contributed by atoms with Crippen LogP contribution in [0.5, 0.6) is 0 Å². The molecule has 0 aliphatic heterocycles. The highest BCUT2D eigenvalue weighted by molar-refractivity contribution is 6.30. The molecule has 0 aliphatic carbocycles. The van der Waals surface area contributed by atoms with Crippen molar-refractivity contribution in [3.63, 3.8) is 0 Å². The number of rotatable bonds is 8. The molecule has 3 rings (SSSR count). The Bertz CT molecular complexity index is 844. The van der Waals surface area contributed by atoms with E-state index in [1.54, 1.807) is 0 Å². The second-order valence-corrected chi connectivity index (χ2v) is 7.38. The third kappa shape index (κ3) is 4.98. The quantitative estimate of drug-likeness (QED) is 0.631. The first-order chi connectivity index (χ1) is 13.1. The normalized spacial score (nSPS) is 12.5. The maximum absolute atomic E-state index is 6.62. The van der Waals surface area contributed by atoms with Gasteiger partial charge in [0, 0.05) is 24.7 Å². The summed E-state index contributed by atoms with van der Waals surface area (Å²) in [4.78, 5) is 2.23. The van der Waals surface area contributed by atoms with Crippen LogP contribution in [0.15, 0.2) is 60.7 Å². The van der Waals surface area contributed by atoms with Crippen LogP contribution in [0.3, 0.4) is 0 Å². The Morgan fingerprint density at radius 2 is 1.67 bits per heavy atom. The lowest BCUT2D eigenvalue weighted by Gasteiger charge is -2.25. The van der Waals surface area contributed by atoms with Crippen LogP contribution in [0.4, 0.5) is 0 Å². The van der Waals surface area contributed by atoms with Gasteiger partial charge in [0.2, 0.25) is 0 Å². The van der Waals surface area contributed by atoms with Gasteiger partial charge in [-0.2, -0.15) is 5.10 Å². The molecular weight excluding hydrogens is 356 g/mol. The molecule has 2 aromatic carbocycles. The summed E-state index contributed by atoms with van der Waals surface area (Å²) in [5, 5.41) is 8.90. The molecule has 0 saturated carbocycles. The van der Waals surface area contributed by atoms with Gasteiger partial charge < -0.3 is 10.2 Å². The molecule has 1 heterocycles. The Balaban J connectivity index is 1.65. The third-order valence-corrected chi connectivity index (χ3v) is 5.23. The summed E-state index contributed by atoms with van der Waals surface area (Å²) >= 11 is 6.62. The van der Waals surface area contributed by atoms with E-state index in [0.717, 1.165) is 17.8 Å². The Labute approximate surface area is 166 Å². The molecule has 0 radical (unpaired) electrons. The average molecular weight is 383 g/mol. The summed E-state index contributed by atoms with van der Waals surface area (Å²) < 4.78 is 1.88. The fourth-order valence-corrected chi connectivity index (χ4v) is 3.56. The summed E-state index contributed by atoms with van der Waals surface area (Å²) in [7, 11) is 4.21. The summed E-state index contributed by atoms with van der Waals surface area (Å²) in [5.41, 5.74) is 4.54. The van der Waals surface area contributed by atoms with Crippen LogP contribution in [-0.4, -0.2) is 35.3 Å². The Morgan fingerprint density at radius 1 is 1.04 bits per heavy atom. The molecule has 1 aromatic heterocycles. The van der Waals surface area contributed by atoms with Crippen molar-refractivity contribution in [1.82, 2.24) is 20.0 Å². The van der Waals surface area contributed by atoms with E-state index in [4.69, 9.17) is 11.6 Å². The molecule has 0 bridgehead atoms. The van der Waals surface area contributed by atoms with E-state index in [9.17, 15) is 0 Å². The number of hydrogen-bond acceptors (Lipinski definition) is 3. The van der Waals surface area contributed by atoms with Crippen LogP contribution >= 0.6 is 11.6 Å². The van der Waals surface area contributed by atoms with Crippen molar-refractivity contribution < 1.29 is 0 Å². The first-order valence-corrected chi connectivity index (χ1v) is 9.62. The second-order valence-electron chi connectivity index (χ2n) is 7.02. The second kappa shape index (κ2) is 9.18. The van der Waals surface area contributed by atoms with Gasteiger partial charge >= 0.3 is 0 Å². The van der Waals surface area contributed by atoms with Crippen LogP contribution in [-0.2, 0) is 13.1 Å². The molecule has 0 spiro atoms. The molecular formula is C22H27ClN4. The standard InChI is InChI=1S/C22H27ClN4/c1-17-20(22(23)27(25-17)16-18-10-6-4-7-11-18)14-24-15-21(26(2)3)19-12-8-5-9-13-19/h4-13,21,24H,14-16H2,1-3H3/t21-/m1/s1. The summed E-state index contributed by atoms with van der Waals surface area (Å²) in [6, 6.07) is 21.1. The number of benzene rings is 2. The summed E-state index contributed by atoms with van der Waals surface area (Å²) in [5.74, 6) is 0. The third-order valence-electron chi connectivity index (χ3n) is 4.81. The molecule has 0 saturated heterocycles. The zero-order valence-electron chi connectivity index (χ0n) is 16.2. The van der Waals surface area contributed by atoms with E-state index in [-0.39, 0.29) is 0 Å². The maximum Gasteiger partial charge on any atom is 0.132 e. The molecule has 0 amide bonds. The van der Waals surface area contributed by atoms with E-state index < -0.39 is 0 Å². The van der Waals surface area contributed by atoms with E-state index in [0.29, 0.717) is 24.3 Å². The van der Waals surface area contributed by atoms with Crippen LogP contribution in [0.1, 0.15) is 28.4 Å². The highest BCUT2D eigenvalue weighted by Gasteiger charge is 2.16. The molecule has 1 atom stereocenters. The van der Waals surface area contributed by atoms with Crippen LogP contribution in [0.2, 0.25) is 5.15 Å². The lowest BCUT2D eigenvalue weighted by molar-refractivity contribution is 0.288. The fourth-order valence-electron chi connectivity index (χ4n) is 3.26. The van der Waals surface area contributed by atoms with E-state index in [1.807, 2.05) is 35.9 Å². The van der Waals surface area contributed by atoms with Gasteiger partial charge in [-0.3, -0.25) is 0 Å². The van der Waals surface area contributed by atoms with E-state index in [1.165, 1.54) is 11.1 Å². The maximum atomic E-state index is 6.62. The highest BCUT2D eigenvalue weighted by Crippen LogP contribution is 2.22. The van der Waals surface area contributed by atoms with Gasteiger partial charge in [0.05, 0.1) is 12.2 Å². The monoisotopic (exact) mass is 382 g/mol. The Morgan fingerprint density at radius 3 is 2.30 bits per heavy atom. The molecule has 5 heteroatoms. The molecule has 0 fully saturated rings. The number of halogens is 1. The van der Waals surface area contributed by atoms with Gasteiger partial charge in [-0.25, -0.2) is 4.68 Å². The zero-order valence-corrected chi connectivity index (χ0v) is 16.9. The Kier molecular flexibility index (Phi) is 6.67. The first-order valence-electron chi connectivity index (χ1n) is 9.24. The van der Waals surface area contributed by atoms with Gasteiger partial charge in [0.15, 0.2) is 0 Å². The van der Waals surface area contributed by atoms with Gasteiger partial charge in [0.1, 0.15) is 5.15 Å². The average Bonchev–Trinajstić information content (AvgIpc) is 2.93. The van der Waals surface area contributed by atoms with Crippen molar-refractivity contribution >= 4 is 11.6 Å². The fraction of sp³-hybridized carbons (Fsp3) is 0.318. The van der Waals surface area contributed by atoms with Gasteiger partial charge in [-0.1, -0.05) is 72.3 Å². The molecule has 0 aliphatic rings. The van der Waals surface area contributed by atoms with Gasteiger partial charge in [-0.15, -0.1) is 0 Å². The zero-order chi connectivity index (χ0) is 19.2. The number of aryl methyl sites for hydroxylation is 1. The van der Waals surface area contributed by atoms with Gasteiger partial charge in [-0.05, 0) is 32.1 Å². The van der Waals surface area contributed by atoms with Gasteiger partial charge in [0.25, 0.3) is 0 Å². The minimum absolute atomic E-state index is 0.310. The number of aromatic nitrogens is 2. The van der Waals surface area contributed by atoms with Crippen molar-refractivity contribution in [3.8, 4) is 0 Å². The first kappa shape index (κ1) is 19.6. The highest BCUT2D eigenvalue weighted by atomic mass is 35.5. The lowest BCUT2D eigenvalue weighted by atomic mass is 10.1. The number of nitrogens with one attached hydrogen (secondary N) is 1. The number of likely N-dealkylation sites (N-methyl/N-ethyl adjacent to an activating group) is 1. The number of hydrogen-bond donors (Lipinski definition) is 1. The molecule has 1 N–H and O–H groups in total. The molecule has 3 aromatic rings. The minimum Gasteiger partial charge on any atom is -0.311 e. The Hall–Kier alpha value is -2.14. The van der Waals surface area contributed by atoms with Crippen molar-refractivity contribution in [1.29, 1.82) is 0 Å². The summed E-state index contributed by atoms with van der Waals surface area (Å²) in [6.07, 6.45) is 0. The predicted molar refractivity (Wildman–Crippen MR) is 112 cm³/mol. The van der Waals surface area contributed by atoms with Crippen molar-refractivity contribution in [2.45, 2.75) is 26.1 Å². The molecule has 142 valence electrons. The summed E-state index contributed by atoms with van der Waals surface area (Å²) in [6.45, 7) is 4.25.